The molecule has 2 heterocycles. The first-order valence-electron chi connectivity index (χ1n) is 5.38. The molecule has 0 aliphatic carbocycles. The summed E-state index contributed by atoms with van der Waals surface area (Å²) in [5.74, 6) is 0. The molecule has 1 atom stereocenters. The van der Waals surface area contributed by atoms with E-state index in [1.165, 1.54) is 5.56 Å². The Labute approximate surface area is 99.6 Å². The van der Waals surface area contributed by atoms with Crippen molar-refractivity contribution >= 4 is 11.3 Å². The number of hydrogen-bond donors (Lipinski definition) is 1. The van der Waals surface area contributed by atoms with Gasteiger partial charge in [0.25, 0.3) is 0 Å². The normalized spacial score (nSPS) is 12.6. The molecule has 2 rings (SSSR count). The maximum absolute atomic E-state index is 4.29. The molecule has 84 valence electrons. The smallest absolute Gasteiger partial charge is 0.109 e. The van der Waals surface area contributed by atoms with Crippen LogP contribution in [-0.4, -0.2) is 16.5 Å². The molecule has 4 heteroatoms. The molecule has 0 amide bonds. The lowest BCUT2D eigenvalue weighted by Crippen LogP contribution is -2.21. The van der Waals surface area contributed by atoms with Gasteiger partial charge in [-0.25, -0.2) is 4.98 Å². The Kier molecular flexibility index (Phi) is 4.02. The fraction of sp³-hybridized carbons (Fsp3) is 0.333. The van der Waals surface area contributed by atoms with Gasteiger partial charge in [-0.15, -0.1) is 11.3 Å². The van der Waals surface area contributed by atoms with Gasteiger partial charge in [0.2, 0.25) is 0 Å². The third-order valence-electron chi connectivity index (χ3n) is 2.44. The van der Waals surface area contributed by atoms with Crippen LogP contribution in [0.15, 0.2) is 36.1 Å². The van der Waals surface area contributed by atoms with E-state index in [0.717, 1.165) is 18.0 Å². The zero-order chi connectivity index (χ0) is 11.2. The van der Waals surface area contributed by atoms with E-state index < -0.39 is 0 Å². The second kappa shape index (κ2) is 5.72. The van der Waals surface area contributed by atoms with Crippen molar-refractivity contribution in [1.82, 2.24) is 15.3 Å². The molecule has 0 saturated heterocycles. The van der Waals surface area contributed by atoms with Crippen LogP contribution in [0.3, 0.4) is 0 Å². The highest BCUT2D eigenvalue weighted by Crippen LogP contribution is 2.14. The largest absolute Gasteiger partial charge is 0.308 e. The Hall–Kier alpha value is -1.26. The second-order valence-electron chi connectivity index (χ2n) is 3.65. The molecular formula is C12H15N3S. The molecule has 0 aromatic carbocycles. The zero-order valence-electron chi connectivity index (χ0n) is 9.26. The van der Waals surface area contributed by atoms with Crippen molar-refractivity contribution in [3.8, 4) is 0 Å². The summed E-state index contributed by atoms with van der Waals surface area (Å²) >= 11 is 1.69. The fourth-order valence-corrected chi connectivity index (χ4v) is 2.19. The van der Waals surface area contributed by atoms with E-state index in [0.29, 0.717) is 6.04 Å². The van der Waals surface area contributed by atoms with E-state index in [1.807, 2.05) is 24.0 Å². The van der Waals surface area contributed by atoms with Gasteiger partial charge in [-0.1, -0.05) is 0 Å². The SMILES string of the molecule is CC(NCCc1ccncc1)c1nccs1. The topological polar surface area (TPSA) is 37.8 Å². The van der Waals surface area contributed by atoms with E-state index in [4.69, 9.17) is 0 Å². The van der Waals surface area contributed by atoms with Gasteiger partial charge in [0.1, 0.15) is 5.01 Å². The molecule has 0 fully saturated rings. The Morgan fingerprint density at radius 3 is 2.81 bits per heavy atom. The summed E-state index contributed by atoms with van der Waals surface area (Å²) in [6.45, 7) is 3.11. The molecule has 16 heavy (non-hydrogen) atoms. The van der Waals surface area contributed by atoms with Gasteiger partial charge < -0.3 is 5.32 Å². The summed E-state index contributed by atoms with van der Waals surface area (Å²) in [6.07, 6.45) is 6.54. The molecule has 2 aromatic rings. The van der Waals surface area contributed by atoms with Gasteiger partial charge in [0.05, 0.1) is 6.04 Å². The average molecular weight is 233 g/mol. The molecule has 0 bridgehead atoms. The number of nitrogens with one attached hydrogen (secondary N) is 1. The lowest BCUT2D eigenvalue weighted by molar-refractivity contribution is 0.574. The first kappa shape index (κ1) is 11.2. The minimum Gasteiger partial charge on any atom is -0.308 e. The van der Waals surface area contributed by atoms with Crippen molar-refractivity contribution in [1.29, 1.82) is 0 Å². The predicted octanol–water partition coefficient (Wildman–Crippen LogP) is 2.43. The van der Waals surface area contributed by atoms with Gasteiger partial charge in [-0.2, -0.15) is 0 Å². The molecular weight excluding hydrogens is 218 g/mol. The molecule has 0 aliphatic rings. The maximum Gasteiger partial charge on any atom is 0.109 e. The molecule has 2 aromatic heterocycles. The minimum absolute atomic E-state index is 0.335. The van der Waals surface area contributed by atoms with E-state index in [9.17, 15) is 0 Å². The summed E-state index contributed by atoms with van der Waals surface area (Å²) in [5, 5.41) is 6.62. The first-order valence-corrected chi connectivity index (χ1v) is 6.26. The molecule has 1 N–H and O–H groups in total. The quantitative estimate of drug-likeness (QED) is 0.862. The van der Waals surface area contributed by atoms with Crippen LogP contribution in [0.1, 0.15) is 23.5 Å². The van der Waals surface area contributed by atoms with Crippen molar-refractivity contribution in [3.63, 3.8) is 0 Å². The van der Waals surface area contributed by atoms with Crippen LogP contribution in [0.4, 0.5) is 0 Å². The maximum atomic E-state index is 4.29. The average Bonchev–Trinajstić information content (AvgIpc) is 2.84. The van der Waals surface area contributed by atoms with Crippen LogP contribution in [0.2, 0.25) is 0 Å². The van der Waals surface area contributed by atoms with E-state index >= 15 is 0 Å². The molecule has 3 nitrogen and oxygen atoms in total. The molecule has 1 unspecified atom stereocenters. The van der Waals surface area contributed by atoms with Crippen LogP contribution < -0.4 is 5.32 Å². The third-order valence-corrected chi connectivity index (χ3v) is 3.39. The van der Waals surface area contributed by atoms with Gasteiger partial charge in [-0.3, -0.25) is 4.98 Å². The zero-order valence-corrected chi connectivity index (χ0v) is 10.1. The van der Waals surface area contributed by atoms with Crippen LogP contribution >= 0.6 is 11.3 Å². The van der Waals surface area contributed by atoms with Crippen molar-refractivity contribution in [2.45, 2.75) is 19.4 Å². The first-order chi connectivity index (χ1) is 7.86. The number of hydrogen-bond acceptors (Lipinski definition) is 4. The Morgan fingerprint density at radius 2 is 2.12 bits per heavy atom. The Balaban J connectivity index is 1.76. The van der Waals surface area contributed by atoms with Gasteiger partial charge in [-0.05, 0) is 37.6 Å². The number of aromatic nitrogens is 2. The van der Waals surface area contributed by atoms with Crippen molar-refractivity contribution < 1.29 is 0 Å². The highest BCUT2D eigenvalue weighted by atomic mass is 32.1. The highest BCUT2D eigenvalue weighted by Gasteiger charge is 2.06. The number of thiazole rings is 1. The Morgan fingerprint density at radius 1 is 1.31 bits per heavy atom. The minimum atomic E-state index is 0.335. The fourth-order valence-electron chi connectivity index (χ4n) is 1.52. The molecule has 0 radical (unpaired) electrons. The summed E-state index contributed by atoms with van der Waals surface area (Å²) in [5.41, 5.74) is 1.31. The van der Waals surface area contributed by atoms with E-state index in [-0.39, 0.29) is 0 Å². The standard InChI is InChI=1S/C12H15N3S/c1-10(12-15-8-9-16-12)14-7-4-11-2-5-13-6-3-11/h2-3,5-6,8-10,14H,4,7H2,1H3. The van der Waals surface area contributed by atoms with Crippen LogP contribution in [0, 0.1) is 0 Å². The highest BCUT2D eigenvalue weighted by molar-refractivity contribution is 7.09. The van der Waals surface area contributed by atoms with Gasteiger partial charge in [0, 0.05) is 24.0 Å². The number of pyridine rings is 1. The van der Waals surface area contributed by atoms with Crippen molar-refractivity contribution in [2.75, 3.05) is 6.54 Å². The Bertz CT molecular complexity index is 399. The number of nitrogens with zero attached hydrogens (tertiary/aromatic N) is 2. The third kappa shape index (κ3) is 3.12. The van der Waals surface area contributed by atoms with E-state index in [1.54, 1.807) is 11.3 Å². The van der Waals surface area contributed by atoms with E-state index in [2.05, 4.69) is 34.3 Å². The predicted molar refractivity (Wildman–Crippen MR) is 66.5 cm³/mol. The second-order valence-corrected chi connectivity index (χ2v) is 4.58. The molecule has 0 spiro atoms. The lowest BCUT2D eigenvalue weighted by atomic mass is 10.2. The summed E-state index contributed by atoms with van der Waals surface area (Å²) in [6, 6.07) is 4.44. The van der Waals surface area contributed by atoms with Crippen LogP contribution in [0.25, 0.3) is 0 Å². The van der Waals surface area contributed by atoms with Crippen molar-refractivity contribution in [3.05, 3.63) is 46.7 Å². The summed E-state index contributed by atoms with van der Waals surface area (Å²) in [4.78, 5) is 8.29. The van der Waals surface area contributed by atoms with Gasteiger partial charge in [0.15, 0.2) is 0 Å². The summed E-state index contributed by atoms with van der Waals surface area (Å²) in [7, 11) is 0. The monoisotopic (exact) mass is 233 g/mol. The van der Waals surface area contributed by atoms with Crippen molar-refractivity contribution in [2.24, 2.45) is 0 Å². The van der Waals surface area contributed by atoms with Crippen LogP contribution in [-0.2, 0) is 6.42 Å². The lowest BCUT2D eigenvalue weighted by Gasteiger charge is -2.10. The summed E-state index contributed by atoms with van der Waals surface area (Å²) < 4.78 is 0. The molecule has 0 aliphatic heterocycles. The molecule has 0 saturated carbocycles. The van der Waals surface area contributed by atoms with Gasteiger partial charge >= 0.3 is 0 Å². The number of rotatable bonds is 5. The van der Waals surface area contributed by atoms with Crippen LogP contribution in [0.5, 0.6) is 0 Å².